The van der Waals surface area contributed by atoms with E-state index < -0.39 is 0 Å². The molecule has 1 atom stereocenters. The van der Waals surface area contributed by atoms with Crippen LogP contribution in [0.3, 0.4) is 0 Å². The van der Waals surface area contributed by atoms with Crippen LogP contribution in [-0.4, -0.2) is 64.1 Å². The van der Waals surface area contributed by atoms with Gasteiger partial charge in [-0.2, -0.15) is 0 Å². The van der Waals surface area contributed by atoms with Crippen LogP contribution in [0.5, 0.6) is 0 Å². The van der Waals surface area contributed by atoms with Crippen molar-refractivity contribution in [2.45, 2.75) is 51.6 Å². The number of piperidine rings is 1. The number of aromatic nitrogens is 3. The lowest BCUT2D eigenvalue weighted by molar-refractivity contribution is -0.125. The third-order valence-electron chi connectivity index (χ3n) is 7.66. The standard InChI is InChI=1S/C28H36N6O2/c1-21(32-16-5-6-17-32)11-15-30-27(35)23-12-18-33(19-13-23)26-28(36)34(20-22-8-3-2-4-9-22)25-24(31-26)10-7-14-29-25/h2-4,7-10,14,21,23H,5-6,11-13,15-20H2,1H3,(H,30,35)/t21-/m1/s1. The fraction of sp³-hybridized carbons (Fsp3) is 0.500. The van der Waals surface area contributed by atoms with Crippen molar-refractivity contribution in [2.24, 2.45) is 5.92 Å². The fourth-order valence-corrected chi connectivity index (χ4v) is 5.45. The van der Waals surface area contributed by atoms with E-state index in [1.807, 2.05) is 47.4 Å². The smallest absolute Gasteiger partial charge is 0.295 e. The first-order chi connectivity index (χ1) is 17.6. The van der Waals surface area contributed by atoms with Gasteiger partial charge in [-0.1, -0.05) is 30.3 Å². The van der Waals surface area contributed by atoms with Crippen LogP contribution in [0.1, 0.15) is 44.6 Å². The molecule has 0 saturated carbocycles. The van der Waals surface area contributed by atoms with Crippen LogP contribution in [-0.2, 0) is 11.3 Å². The van der Waals surface area contributed by atoms with Gasteiger partial charge in [-0.05, 0) is 69.8 Å². The zero-order valence-corrected chi connectivity index (χ0v) is 21.1. The van der Waals surface area contributed by atoms with Gasteiger partial charge in [-0.25, -0.2) is 9.97 Å². The van der Waals surface area contributed by atoms with Crippen LogP contribution in [0, 0.1) is 5.92 Å². The van der Waals surface area contributed by atoms with Gasteiger partial charge in [0.05, 0.1) is 6.54 Å². The molecule has 8 nitrogen and oxygen atoms in total. The first-order valence-electron chi connectivity index (χ1n) is 13.3. The van der Waals surface area contributed by atoms with Crippen molar-refractivity contribution in [3.63, 3.8) is 0 Å². The van der Waals surface area contributed by atoms with E-state index in [2.05, 4.69) is 22.1 Å². The number of nitrogens with one attached hydrogen (secondary N) is 1. The van der Waals surface area contributed by atoms with E-state index in [9.17, 15) is 9.59 Å². The molecular formula is C28H36N6O2. The Morgan fingerprint density at radius 1 is 1.06 bits per heavy atom. The van der Waals surface area contributed by atoms with Gasteiger partial charge in [-0.3, -0.25) is 14.2 Å². The van der Waals surface area contributed by atoms with Gasteiger partial charge in [0.25, 0.3) is 5.56 Å². The number of carbonyl (C=O) groups is 1. The van der Waals surface area contributed by atoms with Crippen LogP contribution in [0.4, 0.5) is 5.82 Å². The highest BCUT2D eigenvalue weighted by molar-refractivity contribution is 5.79. The molecule has 2 fully saturated rings. The predicted molar refractivity (Wildman–Crippen MR) is 142 cm³/mol. The number of carbonyl (C=O) groups excluding carboxylic acids is 1. The number of likely N-dealkylation sites (tertiary alicyclic amines) is 1. The summed E-state index contributed by atoms with van der Waals surface area (Å²) in [4.78, 5) is 40.1. The summed E-state index contributed by atoms with van der Waals surface area (Å²) in [6, 6.07) is 14.2. The maximum Gasteiger partial charge on any atom is 0.295 e. The highest BCUT2D eigenvalue weighted by Gasteiger charge is 2.28. The van der Waals surface area contributed by atoms with Crippen molar-refractivity contribution >= 4 is 22.9 Å². The van der Waals surface area contributed by atoms with Crippen molar-refractivity contribution in [3.8, 4) is 0 Å². The van der Waals surface area contributed by atoms with Gasteiger partial charge < -0.3 is 15.1 Å². The molecule has 3 aromatic rings. The number of hydrogen-bond acceptors (Lipinski definition) is 6. The number of hydrogen-bond donors (Lipinski definition) is 1. The van der Waals surface area contributed by atoms with Crippen LogP contribution in [0.2, 0.25) is 0 Å². The first-order valence-corrected chi connectivity index (χ1v) is 13.3. The summed E-state index contributed by atoms with van der Waals surface area (Å²) in [5.41, 5.74) is 2.20. The topological polar surface area (TPSA) is 83.4 Å². The Balaban J connectivity index is 1.23. The largest absolute Gasteiger partial charge is 0.356 e. The van der Waals surface area contributed by atoms with Crippen molar-refractivity contribution in [3.05, 3.63) is 64.6 Å². The summed E-state index contributed by atoms with van der Waals surface area (Å²) < 4.78 is 1.72. The molecule has 1 N–H and O–H groups in total. The zero-order chi connectivity index (χ0) is 24.9. The molecule has 0 spiro atoms. The van der Waals surface area contributed by atoms with Gasteiger partial charge in [0.1, 0.15) is 5.52 Å². The van der Waals surface area contributed by atoms with Gasteiger partial charge in [-0.15, -0.1) is 0 Å². The molecule has 1 aromatic carbocycles. The van der Waals surface area contributed by atoms with E-state index in [4.69, 9.17) is 4.98 Å². The van der Waals surface area contributed by atoms with E-state index in [-0.39, 0.29) is 17.4 Å². The van der Waals surface area contributed by atoms with Crippen molar-refractivity contribution in [1.29, 1.82) is 0 Å². The molecule has 0 bridgehead atoms. The van der Waals surface area contributed by atoms with E-state index in [0.29, 0.717) is 42.7 Å². The van der Waals surface area contributed by atoms with Crippen LogP contribution >= 0.6 is 0 Å². The summed E-state index contributed by atoms with van der Waals surface area (Å²) >= 11 is 0. The summed E-state index contributed by atoms with van der Waals surface area (Å²) in [6.07, 6.45) is 6.70. The minimum Gasteiger partial charge on any atom is -0.356 e. The molecule has 2 aliphatic heterocycles. The second-order valence-corrected chi connectivity index (χ2v) is 10.1. The molecule has 2 aromatic heterocycles. The molecule has 190 valence electrons. The summed E-state index contributed by atoms with van der Waals surface area (Å²) in [6.45, 7) is 7.06. The maximum atomic E-state index is 13.6. The molecule has 0 unspecified atom stereocenters. The quantitative estimate of drug-likeness (QED) is 0.525. The van der Waals surface area contributed by atoms with Gasteiger partial charge >= 0.3 is 0 Å². The third-order valence-corrected chi connectivity index (χ3v) is 7.66. The molecule has 8 heteroatoms. The number of amides is 1. The number of fused-ring (bicyclic) bond motifs is 1. The Hall–Kier alpha value is -3.26. The Bertz CT molecular complexity index is 1230. The molecule has 5 rings (SSSR count). The van der Waals surface area contributed by atoms with Gasteiger partial charge in [0.15, 0.2) is 11.5 Å². The first kappa shape index (κ1) is 24.4. The van der Waals surface area contributed by atoms with Crippen molar-refractivity contribution < 1.29 is 4.79 Å². The van der Waals surface area contributed by atoms with Crippen molar-refractivity contribution in [1.82, 2.24) is 24.8 Å². The maximum absolute atomic E-state index is 13.6. The lowest BCUT2D eigenvalue weighted by atomic mass is 9.96. The lowest BCUT2D eigenvalue weighted by Crippen LogP contribution is -2.44. The Morgan fingerprint density at radius 3 is 2.56 bits per heavy atom. The minimum atomic E-state index is -0.135. The predicted octanol–water partition coefficient (Wildman–Crippen LogP) is 3.05. The highest BCUT2D eigenvalue weighted by Crippen LogP contribution is 2.22. The molecular weight excluding hydrogens is 452 g/mol. The molecule has 0 radical (unpaired) electrons. The van der Waals surface area contributed by atoms with Crippen molar-refractivity contribution in [2.75, 3.05) is 37.6 Å². The van der Waals surface area contributed by atoms with E-state index >= 15 is 0 Å². The van der Waals surface area contributed by atoms with E-state index in [0.717, 1.165) is 31.4 Å². The Morgan fingerprint density at radius 2 is 1.81 bits per heavy atom. The SMILES string of the molecule is C[C@H](CCNC(=O)C1CCN(c2nc3cccnc3n(Cc3ccccc3)c2=O)CC1)N1CCCC1. The Labute approximate surface area is 212 Å². The highest BCUT2D eigenvalue weighted by atomic mass is 16.2. The molecule has 4 heterocycles. The summed E-state index contributed by atoms with van der Waals surface area (Å²) in [7, 11) is 0. The average molecular weight is 489 g/mol. The Kier molecular flexibility index (Phi) is 7.60. The number of rotatable bonds is 8. The second-order valence-electron chi connectivity index (χ2n) is 10.1. The second kappa shape index (κ2) is 11.2. The number of benzene rings is 1. The average Bonchev–Trinajstić information content (AvgIpc) is 3.46. The number of anilines is 1. The van der Waals surface area contributed by atoms with E-state index in [1.54, 1.807) is 10.8 Å². The van der Waals surface area contributed by atoms with E-state index in [1.165, 1.54) is 25.9 Å². The molecule has 2 aliphatic rings. The lowest BCUT2D eigenvalue weighted by Gasteiger charge is -2.32. The normalized spacial score (nSPS) is 18.0. The minimum absolute atomic E-state index is 0.0167. The monoisotopic (exact) mass is 488 g/mol. The van der Waals surface area contributed by atoms with Gasteiger partial charge in [0, 0.05) is 37.8 Å². The van der Waals surface area contributed by atoms with Crippen LogP contribution in [0.15, 0.2) is 53.5 Å². The van der Waals surface area contributed by atoms with Crippen LogP contribution < -0.4 is 15.8 Å². The molecule has 1 amide bonds. The van der Waals surface area contributed by atoms with Gasteiger partial charge in [0.2, 0.25) is 5.91 Å². The summed E-state index contributed by atoms with van der Waals surface area (Å²) in [5, 5.41) is 3.16. The van der Waals surface area contributed by atoms with Crippen LogP contribution in [0.25, 0.3) is 11.2 Å². The molecule has 0 aliphatic carbocycles. The number of nitrogens with zero attached hydrogens (tertiary/aromatic N) is 5. The molecule has 2 saturated heterocycles. The zero-order valence-electron chi connectivity index (χ0n) is 21.1. The number of pyridine rings is 1. The third kappa shape index (κ3) is 5.43. The fourth-order valence-electron chi connectivity index (χ4n) is 5.45. The summed E-state index contributed by atoms with van der Waals surface area (Å²) in [5.74, 6) is 0.571. The molecule has 36 heavy (non-hydrogen) atoms.